The van der Waals surface area contributed by atoms with Gasteiger partial charge in [-0.2, -0.15) is 5.10 Å². The van der Waals surface area contributed by atoms with Crippen molar-refractivity contribution < 1.29 is 9.90 Å². The van der Waals surface area contributed by atoms with Crippen LogP contribution in [0.3, 0.4) is 0 Å². The van der Waals surface area contributed by atoms with Crippen LogP contribution in [0.2, 0.25) is 10.0 Å². The highest BCUT2D eigenvalue weighted by Gasteiger charge is 2.41. The normalized spacial score (nSPS) is 24.3. The molecule has 8 nitrogen and oxygen atoms in total. The van der Waals surface area contributed by atoms with Crippen molar-refractivity contribution in [1.82, 2.24) is 24.6 Å². The molecule has 0 bridgehead atoms. The number of carbonyl (C=O) groups is 1. The molecule has 0 spiro atoms. The average Bonchev–Trinajstić information content (AvgIpc) is 3.40. The Morgan fingerprint density at radius 3 is 2.71 bits per heavy atom. The molecular weight excluding hydrogens is 487 g/mol. The van der Waals surface area contributed by atoms with Crippen LogP contribution in [0.25, 0.3) is 11.2 Å². The number of aryl methyl sites for hydroxylation is 1. The Morgan fingerprint density at radius 1 is 1.23 bits per heavy atom. The maximum atomic E-state index is 12.3. The minimum Gasteiger partial charge on any atom is -0.481 e. The van der Waals surface area contributed by atoms with Crippen LogP contribution in [0.5, 0.6) is 0 Å². The molecule has 186 valence electrons. The number of piperidine rings is 1. The number of aromatic nitrogens is 4. The van der Waals surface area contributed by atoms with Crippen molar-refractivity contribution in [1.29, 1.82) is 0 Å². The highest BCUT2D eigenvalue weighted by molar-refractivity contribution is 6.35. The van der Waals surface area contributed by atoms with Gasteiger partial charge in [0.05, 0.1) is 23.9 Å². The molecule has 0 amide bonds. The number of fused-ring (bicyclic) bond motifs is 1. The van der Waals surface area contributed by atoms with E-state index in [4.69, 9.17) is 33.3 Å². The van der Waals surface area contributed by atoms with Crippen molar-refractivity contribution >= 4 is 46.2 Å². The second-order valence-corrected chi connectivity index (χ2v) is 10.6. The quantitative estimate of drug-likeness (QED) is 0.520. The first-order chi connectivity index (χ1) is 16.7. The summed E-state index contributed by atoms with van der Waals surface area (Å²) in [6.45, 7) is 8.25. The van der Waals surface area contributed by atoms with Crippen molar-refractivity contribution in [2.45, 2.75) is 58.2 Å². The van der Waals surface area contributed by atoms with Crippen LogP contribution in [-0.2, 0) is 4.79 Å². The van der Waals surface area contributed by atoms with Crippen LogP contribution in [0.1, 0.15) is 50.4 Å². The Balaban J connectivity index is 1.46. The van der Waals surface area contributed by atoms with Gasteiger partial charge < -0.3 is 10.0 Å². The third-order valence-corrected chi connectivity index (χ3v) is 8.15. The van der Waals surface area contributed by atoms with E-state index in [0.29, 0.717) is 34.1 Å². The van der Waals surface area contributed by atoms with Crippen LogP contribution >= 0.6 is 23.2 Å². The fraction of sp³-hybridized carbons (Fsp3) is 0.520. The van der Waals surface area contributed by atoms with Crippen LogP contribution < -0.4 is 4.90 Å². The van der Waals surface area contributed by atoms with Gasteiger partial charge >= 0.3 is 5.97 Å². The number of likely N-dealkylation sites (tertiary alicyclic amines) is 1. The Hall–Kier alpha value is -2.42. The minimum atomic E-state index is -0.750. The molecule has 1 N–H and O–H groups in total. The summed E-state index contributed by atoms with van der Waals surface area (Å²) in [6.07, 6.45) is 4.79. The van der Waals surface area contributed by atoms with Crippen LogP contribution in [0, 0.1) is 12.8 Å². The highest BCUT2D eigenvalue weighted by atomic mass is 35.5. The van der Waals surface area contributed by atoms with Gasteiger partial charge in [0.2, 0.25) is 0 Å². The lowest BCUT2D eigenvalue weighted by Gasteiger charge is -2.42. The summed E-state index contributed by atoms with van der Waals surface area (Å²) in [7, 11) is 0. The van der Waals surface area contributed by atoms with Gasteiger partial charge in [0, 0.05) is 35.2 Å². The lowest BCUT2D eigenvalue weighted by molar-refractivity contribution is -0.144. The molecular formula is C25H30Cl2N6O2. The molecule has 5 rings (SSSR count). The first-order valence-corrected chi connectivity index (χ1v) is 12.9. The fourth-order valence-electron chi connectivity index (χ4n) is 5.67. The number of nitrogens with zero attached hydrogens (tertiary/aromatic N) is 6. The summed E-state index contributed by atoms with van der Waals surface area (Å²) in [6, 6.07) is 5.74. The van der Waals surface area contributed by atoms with Gasteiger partial charge in [-0.3, -0.25) is 9.69 Å². The smallest absolute Gasteiger partial charge is 0.309 e. The predicted molar refractivity (Wildman–Crippen MR) is 137 cm³/mol. The molecule has 2 aromatic heterocycles. The third-order valence-electron chi connectivity index (χ3n) is 7.59. The van der Waals surface area contributed by atoms with E-state index in [2.05, 4.69) is 21.7 Å². The summed E-state index contributed by atoms with van der Waals surface area (Å²) in [5, 5.41) is 15.9. The monoisotopic (exact) mass is 516 g/mol. The summed E-state index contributed by atoms with van der Waals surface area (Å²) in [4.78, 5) is 26.3. The Morgan fingerprint density at radius 2 is 2.03 bits per heavy atom. The number of rotatable bonds is 5. The van der Waals surface area contributed by atoms with E-state index in [1.807, 2.05) is 30.7 Å². The first kappa shape index (κ1) is 24.3. The highest BCUT2D eigenvalue weighted by Crippen LogP contribution is 2.33. The zero-order valence-electron chi connectivity index (χ0n) is 20.2. The van der Waals surface area contributed by atoms with Gasteiger partial charge in [0.1, 0.15) is 11.3 Å². The van der Waals surface area contributed by atoms with E-state index in [-0.39, 0.29) is 12.1 Å². The molecule has 0 radical (unpaired) electrons. The maximum absolute atomic E-state index is 12.3. The molecule has 0 unspecified atom stereocenters. The molecule has 10 heteroatoms. The molecule has 2 saturated heterocycles. The van der Waals surface area contributed by atoms with Gasteiger partial charge in [-0.15, -0.1) is 0 Å². The van der Waals surface area contributed by atoms with E-state index in [9.17, 15) is 9.90 Å². The van der Waals surface area contributed by atoms with Gasteiger partial charge in [-0.25, -0.2) is 14.6 Å². The van der Waals surface area contributed by atoms with Gasteiger partial charge in [0.15, 0.2) is 5.65 Å². The SMILES string of the molecule is Cc1nn([C@H](C)c2ccc(Cl)cc2Cl)c2nc(N3CC[C@H](N4CCC[C@H]4C)[C@H](C(=O)O)C3)cnc12. The Labute approximate surface area is 214 Å². The summed E-state index contributed by atoms with van der Waals surface area (Å²) in [5.41, 5.74) is 3.04. The molecule has 0 saturated carbocycles. The molecule has 35 heavy (non-hydrogen) atoms. The molecule has 2 aliphatic heterocycles. The van der Waals surface area contributed by atoms with Crippen molar-refractivity contribution in [3.8, 4) is 0 Å². The average molecular weight is 517 g/mol. The van der Waals surface area contributed by atoms with Crippen molar-refractivity contribution in [3.63, 3.8) is 0 Å². The zero-order valence-corrected chi connectivity index (χ0v) is 21.7. The molecule has 1 aromatic carbocycles. The molecule has 0 aliphatic carbocycles. The number of hydrogen-bond acceptors (Lipinski definition) is 6. The number of hydrogen-bond donors (Lipinski definition) is 1. The second kappa shape index (κ2) is 9.56. The van der Waals surface area contributed by atoms with Gasteiger partial charge in [0.25, 0.3) is 0 Å². The van der Waals surface area contributed by atoms with E-state index >= 15 is 0 Å². The van der Waals surface area contributed by atoms with Crippen LogP contribution in [0.4, 0.5) is 5.82 Å². The van der Waals surface area contributed by atoms with Crippen molar-refractivity contribution in [3.05, 3.63) is 45.7 Å². The van der Waals surface area contributed by atoms with Gasteiger partial charge in [-0.05, 0) is 64.3 Å². The zero-order chi connectivity index (χ0) is 24.9. The summed E-state index contributed by atoms with van der Waals surface area (Å²) in [5.74, 6) is -0.549. The molecule has 4 atom stereocenters. The van der Waals surface area contributed by atoms with E-state index in [0.717, 1.165) is 49.1 Å². The van der Waals surface area contributed by atoms with E-state index < -0.39 is 11.9 Å². The van der Waals surface area contributed by atoms with E-state index in [1.165, 1.54) is 0 Å². The number of benzene rings is 1. The standard InChI is InChI=1S/C25H30Cl2N6O2/c1-14-5-4-9-32(14)21-8-10-31(13-19(21)25(34)35)22-12-28-23-15(2)30-33(24(23)29-22)16(3)18-7-6-17(26)11-20(18)27/h6-7,11-12,14,16,19,21H,4-5,8-10,13H2,1-3H3,(H,34,35)/t14-,16-,19-,21+/m1/s1. The molecule has 2 aliphatic rings. The maximum Gasteiger partial charge on any atom is 0.309 e. The van der Waals surface area contributed by atoms with Crippen LogP contribution in [0.15, 0.2) is 24.4 Å². The predicted octanol–water partition coefficient (Wildman–Crippen LogP) is 4.81. The molecule has 2 fully saturated rings. The lowest BCUT2D eigenvalue weighted by Crippen LogP contribution is -2.54. The summed E-state index contributed by atoms with van der Waals surface area (Å²) >= 11 is 12.6. The van der Waals surface area contributed by atoms with Gasteiger partial charge in [-0.1, -0.05) is 29.3 Å². The number of carboxylic acid groups (broad SMARTS) is 1. The van der Waals surface area contributed by atoms with Crippen molar-refractivity contribution in [2.75, 3.05) is 24.5 Å². The summed E-state index contributed by atoms with van der Waals surface area (Å²) < 4.78 is 1.84. The Bertz CT molecular complexity index is 1260. The topological polar surface area (TPSA) is 87.4 Å². The number of aliphatic carboxylic acids is 1. The van der Waals surface area contributed by atoms with Crippen LogP contribution in [-0.4, -0.2) is 67.4 Å². The minimum absolute atomic E-state index is 0.0535. The largest absolute Gasteiger partial charge is 0.481 e. The number of carboxylic acids is 1. The molecule has 3 aromatic rings. The molecule has 4 heterocycles. The van der Waals surface area contributed by atoms with Crippen molar-refractivity contribution in [2.24, 2.45) is 5.92 Å². The number of anilines is 1. The second-order valence-electron chi connectivity index (χ2n) is 9.75. The van der Waals surface area contributed by atoms with E-state index in [1.54, 1.807) is 12.3 Å². The fourth-order valence-corrected chi connectivity index (χ4v) is 6.24. The Kier molecular flexibility index (Phi) is 6.63. The number of halogens is 2. The third kappa shape index (κ3) is 4.47. The lowest BCUT2D eigenvalue weighted by atomic mass is 9.90. The first-order valence-electron chi connectivity index (χ1n) is 12.1.